The molecule has 2 aliphatic rings. The molecule has 0 aromatic heterocycles. The molecule has 154 valence electrons. The zero-order valence-corrected chi connectivity index (χ0v) is 15.5. The average Bonchev–Trinajstić information content (AvgIpc) is 2.96. The summed E-state index contributed by atoms with van der Waals surface area (Å²) in [5.74, 6) is -2.59. The van der Waals surface area contributed by atoms with E-state index in [9.17, 15) is 32.3 Å². The molecule has 2 aliphatic heterocycles. The number of amides is 4. The van der Waals surface area contributed by atoms with Gasteiger partial charge in [0.05, 0.1) is 23.2 Å². The van der Waals surface area contributed by atoms with E-state index in [2.05, 4.69) is 0 Å². The average molecular weight is 416 g/mol. The van der Waals surface area contributed by atoms with Gasteiger partial charge in [0.1, 0.15) is 6.04 Å². The Hall–Kier alpha value is -3.49. The van der Waals surface area contributed by atoms with Gasteiger partial charge in [-0.05, 0) is 36.2 Å². The lowest BCUT2D eigenvalue weighted by Gasteiger charge is -2.34. The Kier molecular flexibility index (Phi) is 4.68. The number of imide groups is 2. The number of rotatable bonds is 3. The van der Waals surface area contributed by atoms with Crippen molar-refractivity contribution in [2.24, 2.45) is 0 Å². The Bertz CT molecular complexity index is 1040. The summed E-state index contributed by atoms with van der Waals surface area (Å²) in [6, 6.07) is 9.31. The second kappa shape index (κ2) is 7.08. The standard InChI is InChI=1S/C21H15F3N2O4/c22-21(23,24)13-5-3-4-12(10-13)11-25-17(27)9-8-16(20(25)30)26-18(28)14-6-1-2-7-15(14)19(26)29/h1-7,10,16H,8-9,11H2/t16-/m0/s1. The summed E-state index contributed by atoms with van der Waals surface area (Å²) in [4.78, 5) is 52.3. The van der Waals surface area contributed by atoms with Crippen molar-refractivity contribution in [3.05, 3.63) is 70.8 Å². The number of likely N-dealkylation sites (tertiary alicyclic amines) is 1. The molecule has 0 bridgehead atoms. The molecule has 30 heavy (non-hydrogen) atoms. The van der Waals surface area contributed by atoms with Crippen LogP contribution < -0.4 is 0 Å². The van der Waals surface area contributed by atoms with Crippen LogP contribution in [0.5, 0.6) is 0 Å². The molecule has 6 nitrogen and oxygen atoms in total. The molecule has 0 saturated carbocycles. The molecule has 2 aromatic carbocycles. The molecule has 2 heterocycles. The molecule has 4 amide bonds. The molecule has 1 fully saturated rings. The van der Waals surface area contributed by atoms with Gasteiger partial charge in [-0.15, -0.1) is 0 Å². The molecule has 0 aliphatic carbocycles. The third kappa shape index (κ3) is 3.26. The number of fused-ring (bicyclic) bond motifs is 1. The molecule has 4 rings (SSSR count). The number of alkyl halides is 3. The Balaban J connectivity index is 1.60. The maximum Gasteiger partial charge on any atom is 0.416 e. The SMILES string of the molecule is O=C1CC[C@H](N2C(=O)c3ccccc3C2=O)C(=O)N1Cc1cccc(C(F)(F)F)c1. The summed E-state index contributed by atoms with van der Waals surface area (Å²) < 4.78 is 38.9. The van der Waals surface area contributed by atoms with E-state index in [-0.39, 0.29) is 36.1 Å². The van der Waals surface area contributed by atoms with Gasteiger partial charge in [0, 0.05) is 6.42 Å². The summed E-state index contributed by atoms with van der Waals surface area (Å²) >= 11 is 0. The summed E-state index contributed by atoms with van der Waals surface area (Å²) in [6.45, 7) is -0.374. The van der Waals surface area contributed by atoms with Gasteiger partial charge in [0.15, 0.2) is 0 Å². The number of halogens is 3. The molecule has 2 aromatic rings. The Morgan fingerprint density at radius 2 is 1.53 bits per heavy atom. The van der Waals surface area contributed by atoms with Crippen LogP contribution >= 0.6 is 0 Å². The predicted molar refractivity (Wildman–Crippen MR) is 97.0 cm³/mol. The van der Waals surface area contributed by atoms with Gasteiger partial charge in [-0.2, -0.15) is 13.2 Å². The van der Waals surface area contributed by atoms with Gasteiger partial charge >= 0.3 is 6.18 Å². The molecule has 0 unspecified atom stereocenters. The van der Waals surface area contributed by atoms with Crippen LogP contribution in [0.25, 0.3) is 0 Å². The lowest BCUT2D eigenvalue weighted by atomic mass is 10.0. The molecule has 9 heteroatoms. The number of carbonyl (C=O) groups is 4. The van der Waals surface area contributed by atoms with Crippen molar-refractivity contribution >= 4 is 23.6 Å². The summed E-state index contributed by atoms with van der Waals surface area (Å²) in [6.07, 6.45) is -4.69. The van der Waals surface area contributed by atoms with E-state index in [1.54, 1.807) is 12.1 Å². The molecular formula is C21H15F3N2O4. The van der Waals surface area contributed by atoms with Crippen molar-refractivity contribution < 1.29 is 32.3 Å². The predicted octanol–water partition coefficient (Wildman–Crippen LogP) is 3.02. The molecule has 0 N–H and O–H groups in total. The highest BCUT2D eigenvalue weighted by molar-refractivity contribution is 6.23. The van der Waals surface area contributed by atoms with Crippen LogP contribution in [0.3, 0.4) is 0 Å². The van der Waals surface area contributed by atoms with E-state index in [4.69, 9.17) is 0 Å². The normalized spacial score (nSPS) is 19.5. The molecule has 0 spiro atoms. The van der Waals surface area contributed by atoms with E-state index in [0.29, 0.717) is 0 Å². The minimum absolute atomic E-state index is 0.0256. The third-order valence-electron chi connectivity index (χ3n) is 5.22. The first-order valence-corrected chi connectivity index (χ1v) is 9.16. The third-order valence-corrected chi connectivity index (χ3v) is 5.22. The molecule has 1 atom stereocenters. The number of nitrogens with zero attached hydrogens (tertiary/aromatic N) is 2. The van der Waals surface area contributed by atoms with E-state index < -0.39 is 41.4 Å². The van der Waals surface area contributed by atoms with Crippen LogP contribution in [0.1, 0.15) is 44.7 Å². The summed E-state index contributed by atoms with van der Waals surface area (Å²) in [5, 5.41) is 0. The minimum Gasteiger partial charge on any atom is -0.276 e. The fourth-order valence-corrected chi connectivity index (χ4v) is 3.75. The number of piperidine rings is 1. The van der Waals surface area contributed by atoms with E-state index in [0.717, 1.165) is 21.9 Å². The first-order chi connectivity index (χ1) is 14.2. The Labute approximate surface area is 168 Å². The quantitative estimate of drug-likeness (QED) is 0.721. The van der Waals surface area contributed by atoms with E-state index in [1.807, 2.05) is 0 Å². The topological polar surface area (TPSA) is 74.8 Å². The second-order valence-corrected chi connectivity index (χ2v) is 7.10. The van der Waals surface area contributed by atoms with E-state index in [1.165, 1.54) is 24.3 Å². The van der Waals surface area contributed by atoms with E-state index >= 15 is 0 Å². The van der Waals surface area contributed by atoms with Gasteiger partial charge in [0.25, 0.3) is 17.7 Å². The van der Waals surface area contributed by atoms with Crippen LogP contribution in [0.2, 0.25) is 0 Å². The fourth-order valence-electron chi connectivity index (χ4n) is 3.75. The smallest absolute Gasteiger partial charge is 0.276 e. The number of hydrogen-bond acceptors (Lipinski definition) is 4. The van der Waals surface area contributed by atoms with Crippen LogP contribution in [0, 0.1) is 0 Å². The summed E-state index contributed by atoms with van der Waals surface area (Å²) in [7, 11) is 0. The van der Waals surface area contributed by atoms with Crippen molar-refractivity contribution in [3.63, 3.8) is 0 Å². The van der Waals surface area contributed by atoms with Crippen molar-refractivity contribution in [2.45, 2.75) is 31.6 Å². The zero-order valence-electron chi connectivity index (χ0n) is 15.5. The van der Waals surface area contributed by atoms with Gasteiger partial charge < -0.3 is 0 Å². The highest BCUT2D eigenvalue weighted by Gasteiger charge is 2.46. The number of hydrogen-bond donors (Lipinski definition) is 0. The van der Waals surface area contributed by atoms with Crippen molar-refractivity contribution in [3.8, 4) is 0 Å². The van der Waals surface area contributed by atoms with Gasteiger partial charge in [-0.1, -0.05) is 24.3 Å². The van der Waals surface area contributed by atoms with Crippen LogP contribution in [0.15, 0.2) is 48.5 Å². The highest BCUT2D eigenvalue weighted by Crippen LogP contribution is 2.31. The Morgan fingerprint density at radius 1 is 0.900 bits per heavy atom. The highest BCUT2D eigenvalue weighted by atomic mass is 19.4. The van der Waals surface area contributed by atoms with Gasteiger partial charge in [-0.25, -0.2) is 0 Å². The fraction of sp³-hybridized carbons (Fsp3) is 0.238. The summed E-state index contributed by atoms with van der Waals surface area (Å²) in [5.41, 5.74) is -0.420. The van der Waals surface area contributed by atoms with Crippen LogP contribution in [-0.2, 0) is 22.3 Å². The maximum absolute atomic E-state index is 13.0. The lowest BCUT2D eigenvalue weighted by Crippen LogP contribution is -2.55. The van der Waals surface area contributed by atoms with Gasteiger partial charge in [-0.3, -0.25) is 29.0 Å². The number of benzene rings is 2. The monoisotopic (exact) mass is 416 g/mol. The van der Waals surface area contributed by atoms with Crippen LogP contribution in [-0.4, -0.2) is 39.5 Å². The zero-order chi connectivity index (χ0) is 21.6. The van der Waals surface area contributed by atoms with Crippen molar-refractivity contribution in [2.75, 3.05) is 0 Å². The number of carbonyl (C=O) groups excluding carboxylic acids is 4. The first-order valence-electron chi connectivity index (χ1n) is 9.16. The maximum atomic E-state index is 13.0. The molecule has 1 saturated heterocycles. The van der Waals surface area contributed by atoms with Crippen LogP contribution in [0.4, 0.5) is 13.2 Å². The molecule has 0 radical (unpaired) electrons. The minimum atomic E-state index is -4.56. The Morgan fingerprint density at radius 3 is 2.13 bits per heavy atom. The van der Waals surface area contributed by atoms with Crippen molar-refractivity contribution in [1.82, 2.24) is 9.80 Å². The van der Waals surface area contributed by atoms with Gasteiger partial charge in [0.2, 0.25) is 5.91 Å². The first kappa shape index (κ1) is 19.8. The largest absolute Gasteiger partial charge is 0.416 e. The van der Waals surface area contributed by atoms with Crippen molar-refractivity contribution in [1.29, 1.82) is 0 Å². The second-order valence-electron chi connectivity index (χ2n) is 7.10. The lowest BCUT2D eigenvalue weighted by molar-refractivity contribution is -0.152. The molecular weight excluding hydrogens is 401 g/mol.